The van der Waals surface area contributed by atoms with Crippen LogP contribution in [0.15, 0.2) is 0 Å². The monoisotopic (exact) mass is 256 g/mol. The molecular weight excluding hydrogens is 224 g/mol. The number of methoxy groups -OCH3 is 1. The van der Waals surface area contributed by atoms with E-state index in [1.165, 1.54) is 19.3 Å². The maximum atomic E-state index is 5.27. The van der Waals surface area contributed by atoms with Gasteiger partial charge in [-0.25, -0.2) is 0 Å². The van der Waals surface area contributed by atoms with Crippen molar-refractivity contribution in [3.63, 3.8) is 0 Å². The largest absolute Gasteiger partial charge is 0.383 e. The first-order valence-corrected chi connectivity index (χ1v) is 7.33. The highest BCUT2D eigenvalue weighted by molar-refractivity contribution is 4.94. The molecule has 2 atom stereocenters. The molecule has 1 aliphatic carbocycles. The van der Waals surface area contributed by atoms with Gasteiger partial charge in [0.25, 0.3) is 0 Å². The summed E-state index contributed by atoms with van der Waals surface area (Å²) in [5.41, 5.74) is 0.470. The highest BCUT2D eigenvalue weighted by Crippen LogP contribution is 2.37. The van der Waals surface area contributed by atoms with Gasteiger partial charge in [-0.15, -0.1) is 0 Å². The van der Waals surface area contributed by atoms with Crippen LogP contribution in [0.2, 0.25) is 0 Å². The van der Waals surface area contributed by atoms with Gasteiger partial charge in [-0.2, -0.15) is 0 Å². The van der Waals surface area contributed by atoms with Crippen molar-refractivity contribution in [2.45, 2.75) is 65.1 Å². The van der Waals surface area contributed by atoms with E-state index in [0.29, 0.717) is 23.5 Å². The van der Waals surface area contributed by atoms with E-state index in [1.54, 1.807) is 7.11 Å². The first kappa shape index (κ1) is 15.9. The van der Waals surface area contributed by atoms with E-state index in [9.17, 15) is 0 Å². The van der Waals surface area contributed by atoms with Gasteiger partial charge in [-0.05, 0) is 45.6 Å². The summed E-state index contributed by atoms with van der Waals surface area (Å²) in [4.78, 5) is 2.62. The normalized spacial score (nSPS) is 28.0. The molecule has 3 heteroatoms. The van der Waals surface area contributed by atoms with E-state index in [-0.39, 0.29) is 0 Å². The summed E-state index contributed by atoms with van der Waals surface area (Å²) in [5.74, 6) is 0. The van der Waals surface area contributed by atoms with Gasteiger partial charge in [-0.1, -0.05) is 13.8 Å². The van der Waals surface area contributed by atoms with Crippen LogP contribution >= 0.6 is 0 Å². The van der Waals surface area contributed by atoms with Gasteiger partial charge in [0.05, 0.1) is 6.61 Å². The molecule has 1 N–H and O–H groups in total. The third kappa shape index (κ3) is 4.22. The molecule has 1 saturated carbocycles. The average Bonchev–Trinajstić information content (AvgIpc) is 2.28. The molecule has 0 aromatic heterocycles. The summed E-state index contributed by atoms with van der Waals surface area (Å²) in [6.45, 7) is 11.3. The van der Waals surface area contributed by atoms with Crippen molar-refractivity contribution in [3.8, 4) is 0 Å². The Morgan fingerprint density at radius 3 is 2.56 bits per heavy atom. The average molecular weight is 256 g/mol. The summed E-state index contributed by atoms with van der Waals surface area (Å²) in [6, 6.07) is 1.83. The number of hydrogen-bond donors (Lipinski definition) is 1. The summed E-state index contributed by atoms with van der Waals surface area (Å²) in [6.07, 6.45) is 3.88. The predicted octanol–water partition coefficient (Wildman–Crippen LogP) is 2.51. The minimum atomic E-state index is 0.470. The minimum Gasteiger partial charge on any atom is -0.383 e. The fourth-order valence-electron chi connectivity index (χ4n) is 3.24. The number of rotatable bonds is 6. The second-order valence-corrected chi connectivity index (χ2v) is 6.69. The van der Waals surface area contributed by atoms with Gasteiger partial charge < -0.3 is 10.1 Å². The van der Waals surface area contributed by atoms with Crippen molar-refractivity contribution in [1.29, 1.82) is 0 Å². The van der Waals surface area contributed by atoms with Crippen molar-refractivity contribution in [2.75, 3.05) is 27.3 Å². The summed E-state index contributed by atoms with van der Waals surface area (Å²) >= 11 is 0. The van der Waals surface area contributed by atoms with Gasteiger partial charge in [-0.3, -0.25) is 4.90 Å². The highest BCUT2D eigenvalue weighted by Gasteiger charge is 2.37. The van der Waals surface area contributed by atoms with Gasteiger partial charge in [0.2, 0.25) is 0 Å². The zero-order valence-electron chi connectivity index (χ0n) is 13.1. The Kier molecular flexibility index (Phi) is 6.09. The Balaban J connectivity index is 2.76. The maximum Gasteiger partial charge on any atom is 0.0589 e. The molecule has 0 aromatic rings. The Hall–Kier alpha value is -0.120. The van der Waals surface area contributed by atoms with Crippen molar-refractivity contribution >= 4 is 0 Å². The second kappa shape index (κ2) is 6.88. The van der Waals surface area contributed by atoms with Gasteiger partial charge in [0, 0.05) is 31.8 Å². The predicted molar refractivity (Wildman–Crippen MR) is 78.0 cm³/mol. The Morgan fingerprint density at radius 1 is 1.39 bits per heavy atom. The standard InChI is InChI=1S/C15H32N2O/c1-12(2)17(9-10-18-6)14-11-15(3,4)8-7-13(14)16-5/h12-14,16H,7-11H2,1-6H3. The third-order valence-corrected chi connectivity index (χ3v) is 4.37. The van der Waals surface area contributed by atoms with Crippen LogP contribution in [0.5, 0.6) is 0 Å². The van der Waals surface area contributed by atoms with E-state index in [4.69, 9.17) is 4.74 Å². The van der Waals surface area contributed by atoms with E-state index < -0.39 is 0 Å². The van der Waals surface area contributed by atoms with E-state index in [0.717, 1.165) is 13.2 Å². The topological polar surface area (TPSA) is 24.5 Å². The van der Waals surface area contributed by atoms with Crippen LogP contribution in [-0.2, 0) is 4.74 Å². The van der Waals surface area contributed by atoms with Crippen LogP contribution in [-0.4, -0.2) is 50.3 Å². The third-order valence-electron chi connectivity index (χ3n) is 4.37. The Morgan fingerprint density at radius 2 is 2.06 bits per heavy atom. The van der Waals surface area contributed by atoms with Gasteiger partial charge in [0.1, 0.15) is 0 Å². The van der Waals surface area contributed by atoms with Crippen LogP contribution < -0.4 is 5.32 Å². The molecule has 1 aliphatic rings. The molecule has 0 spiro atoms. The lowest BCUT2D eigenvalue weighted by molar-refractivity contribution is 0.0290. The molecule has 3 nitrogen and oxygen atoms in total. The molecule has 0 saturated heterocycles. The molecule has 18 heavy (non-hydrogen) atoms. The molecule has 1 rings (SSSR count). The molecule has 1 fully saturated rings. The molecule has 0 aromatic carbocycles. The number of likely N-dealkylation sites (N-methyl/N-ethyl adjacent to an activating group) is 1. The molecule has 0 bridgehead atoms. The fraction of sp³-hybridized carbons (Fsp3) is 1.00. The molecule has 0 amide bonds. The first-order valence-electron chi connectivity index (χ1n) is 7.33. The fourth-order valence-corrected chi connectivity index (χ4v) is 3.24. The number of hydrogen-bond acceptors (Lipinski definition) is 3. The van der Waals surface area contributed by atoms with E-state index in [2.05, 4.69) is 45.0 Å². The lowest BCUT2D eigenvalue weighted by Crippen LogP contribution is -2.56. The number of ether oxygens (including phenoxy) is 1. The summed E-state index contributed by atoms with van der Waals surface area (Å²) < 4.78 is 5.27. The molecule has 2 unspecified atom stereocenters. The quantitative estimate of drug-likeness (QED) is 0.790. The van der Waals surface area contributed by atoms with Crippen molar-refractivity contribution in [3.05, 3.63) is 0 Å². The molecular formula is C15H32N2O. The number of nitrogens with one attached hydrogen (secondary N) is 1. The lowest BCUT2D eigenvalue weighted by atomic mass is 9.72. The second-order valence-electron chi connectivity index (χ2n) is 6.69. The zero-order valence-corrected chi connectivity index (χ0v) is 13.1. The van der Waals surface area contributed by atoms with Crippen LogP contribution in [0.3, 0.4) is 0 Å². The zero-order chi connectivity index (χ0) is 13.8. The minimum absolute atomic E-state index is 0.470. The van der Waals surface area contributed by atoms with Crippen molar-refractivity contribution in [1.82, 2.24) is 10.2 Å². The van der Waals surface area contributed by atoms with Gasteiger partial charge in [0.15, 0.2) is 0 Å². The lowest BCUT2D eigenvalue weighted by Gasteiger charge is -2.47. The van der Waals surface area contributed by atoms with Crippen LogP contribution in [0.25, 0.3) is 0 Å². The smallest absolute Gasteiger partial charge is 0.0589 e. The van der Waals surface area contributed by atoms with Gasteiger partial charge >= 0.3 is 0 Å². The molecule has 108 valence electrons. The summed E-state index contributed by atoms with van der Waals surface area (Å²) in [7, 11) is 3.89. The van der Waals surface area contributed by atoms with Crippen LogP contribution in [0, 0.1) is 5.41 Å². The Labute approximate surface area is 113 Å². The van der Waals surface area contributed by atoms with E-state index in [1.807, 2.05) is 0 Å². The highest BCUT2D eigenvalue weighted by atomic mass is 16.5. The molecule has 0 radical (unpaired) electrons. The van der Waals surface area contributed by atoms with Crippen molar-refractivity contribution < 1.29 is 4.74 Å². The van der Waals surface area contributed by atoms with E-state index >= 15 is 0 Å². The number of nitrogens with zero attached hydrogens (tertiary/aromatic N) is 1. The van der Waals surface area contributed by atoms with Crippen molar-refractivity contribution in [2.24, 2.45) is 5.41 Å². The molecule has 0 aliphatic heterocycles. The summed E-state index contributed by atoms with van der Waals surface area (Å²) in [5, 5.41) is 3.52. The maximum absolute atomic E-state index is 5.27. The van der Waals surface area contributed by atoms with Crippen LogP contribution in [0.4, 0.5) is 0 Å². The SMILES string of the molecule is CNC1CCC(C)(C)CC1N(CCOC)C(C)C. The first-order chi connectivity index (χ1) is 8.41. The molecule has 0 heterocycles. The Bertz CT molecular complexity index is 241. The van der Waals surface area contributed by atoms with Crippen LogP contribution in [0.1, 0.15) is 47.0 Å².